The van der Waals surface area contributed by atoms with Gasteiger partial charge in [-0.3, -0.25) is 0 Å². The molecule has 0 spiro atoms. The average molecular weight is 318 g/mol. The fourth-order valence-electron chi connectivity index (χ4n) is 2.60. The van der Waals surface area contributed by atoms with Gasteiger partial charge in [-0.25, -0.2) is 0 Å². The molecule has 1 heteroatoms. The number of H-pyrrole nitrogens is 1. The predicted molar refractivity (Wildman–Crippen MR) is 107 cm³/mol. The Morgan fingerprint density at radius 1 is 0.826 bits per heavy atom. The number of aromatic amines is 1. The van der Waals surface area contributed by atoms with E-state index in [9.17, 15) is 0 Å². The second kappa shape index (κ2) is 18.8. The van der Waals surface area contributed by atoms with E-state index in [0.717, 1.165) is 5.69 Å². The summed E-state index contributed by atoms with van der Waals surface area (Å²) in [5.74, 6) is 0. The molecule has 0 aromatic carbocycles. The van der Waals surface area contributed by atoms with E-state index in [1.165, 1.54) is 83.5 Å². The molecule has 0 atom stereocenters. The highest BCUT2D eigenvalue weighted by atomic mass is 14.7. The minimum Gasteiger partial charge on any atom is -0.362 e. The van der Waals surface area contributed by atoms with Gasteiger partial charge in [-0.15, -0.1) is 6.58 Å². The summed E-state index contributed by atoms with van der Waals surface area (Å²) in [4.78, 5) is 2.97. The van der Waals surface area contributed by atoms with Gasteiger partial charge in [0.05, 0.1) is 0 Å². The van der Waals surface area contributed by atoms with Crippen LogP contribution in [0.4, 0.5) is 0 Å². The number of nitrogens with one attached hydrogen (secondary N) is 1. The highest BCUT2D eigenvalue weighted by molar-refractivity contribution is 5.40. The number of hydrogen-bond donors (Lipinski definition) is 1. The van der Waals surface area contributed by atoms with Crippen LogP contribution >= 0.6 is 0 Å². The number of aromatic nitrogens is 1. The van der Waals surface area contributed by atoms with E-state index in [0.29, 0.717) is 0 Å². The van der Waals surface area contributed by atoms with E-state index < -0.39 is 0 Å². The van der Waals surface area contributed by atoms with E-state index in [1.807, 2.05) is 24.4 Å². The minimum atomic E-state index is 1.07. The van der Waals surface area contributed by atoms with Gasteiger partial charge in [-0.05, 0) is 31.1 Å². The molecule has 1 nitrogen and oxygen atoms in total. The Kier molecular flexibility index (Phi) is 17.8. The summed E-state index contributed by atoms with van der Waals surface area (Å²) in [5, 5.41) is 0. The minimum absolute atomic E-state index is 1.07. The first kappa shape index (κ1) is 21.8. The van der Waals surface area contributed by atoms with Crippen molar-refractivity contribution in [2.45, 2.75) is 90.4 Å². The molecule has 23 heavy (non-hydrogen) atoms. The normalized spacial score (nSPS) is 9.96. The van der Waals surface area contributed by atoms with Crippen molar-refractivity contribution in [1.29, 1.82) is 0 Å². The zero-order valence-electron chi connectivity index (χ0n) is 15.5. The highest BCUT2D eigenvalue weighted by Gasteiger charge is 1.92. The lowest BCUT2D eigenvalue weighted by Crippen LogP contribution is -1.82. The van der Waals surface area contributed by atoms with E-state index in [1.54, 1.807) is 6.08 Å². The predicted octanol–water partition coefficient (Wildman–Crippen LogP) is 7.92. The first-order chi connectivity index (χ1) is 11.3. The fourth-order valence-corrected chi connectivity index (χ4v) is 2.60. The average Bonchev–Trinajstić information content (AvgIpc) is 3.10. The quantitative estimate of drug-likeness (QED) is 0.265. The fraction of sp³-hybridized carbons (Fsp3) is 0.636. The lowest BCUT2D eigenvalue weighted by atomic mass is 10.0. The van der Waals surface area contributed by atoms with Gasteiger partial charge in [0.2, 0.25) is 0 Å². The molecule has 0 aliphatic rings. The van der Waals surface area contributed by atoms with E-state index in [4.69, 9.17) is 0 Å². The van der Waals surface area contributed by atoms with Crippen LogP contribution in [0, 0.1) is 0 Å². The molecule has 0 amide bonds. The number of allylic oxidation sites excluding steroid dienone is 1. The zero-order chi connectivity index (χ0) is 17.0. The molecule has 0 aliphatic carbocycles. The third-order valence-electron chi connectivity index (χ3n) is 4.10. The summed E-state index contributed by atoms with van der Waals surface area (Å²) >= 11 is 0. The summed E-state index contributed by atoms with van der Waals surface area (Å²) in [6.45, 7) is 9.61. The molecular weight excluding hydrogens is 278 g/mol. The molecule has 1 aromatic heterocycles. The van der Waals surface area contributed by atoms with Gasteiger partial charge in [-0.1, -0.05) is 90.2 Å². The van der Waals surface area contributed by atoms with Crippen LogP contribution in [-0.4, -0.2) is 4.98 Å². The number of rotatable bonds is 14. The first-order valence-electron chi connectivity index (χ1n) is 9.71. The van der Waals surface area contributed by atoms with Crippen molar-refractivity contribution in [3.63, 3.8) is 0 Å². The number of hydrogen-bond acceptors (Lipinski definition) is 0. The maximum Gasteiger partial charge on any atom is 0.0374 e. The third-order valence-corrected chi connectivity index (χ3v) is 4.10. The lowest BCUT2D eigenvalue weighted by molar-refractivity contribution is 0.545. The van der Waals surface area contributed by atoms with Crippen molar-refractivity contribution in [1.82, 2.24) is 4.98 Å². The molecule has 0 radical (unpaired) electrons. The Labute approximate surface area is 145 Å². The van der Waals surface area contributed by atoms with Gasteiger partial charge in [0.1, 0.15) is 0 Å². The summed E-state index contributed by atoms with van der Waals surface area (Å²) in [5.41, 5.74) is 1.07. The van der Waals surface area contributed by atoms with Crippen LogP contribution in [0.25, 0.3) is 6.08 Å². The Hall–Kier alpha value is -1.24. The molecule has 1 N–H and O–H groups in total. The van der Waals surface area contributed by atoms with Crippen LogP contribution in [0.5, 0.6) is 0 Å². The molecule has 0 bridgehead atoms. The van der Waals surface area contributed by atoms with Crippen molar-refractivity contribution < 1.29 is 0 Å². The molecule has 132 valence electrons. The largest absolute Gasteiger partial charge is 0.362 e. The zero-order valence-corrected chi connectivity index (χ0v) is 15.5. The molecule has 0 unspecified atom stereocenters. The van der Waals surface area contributed by atoms with Gasteiger partial charge >= 0.3 is 0 Å². The molecule has 1 heterocycles. The third kappa shape index (κ3) is 17.0. The molecule has 1 aromatic rings. The topological polar surface area (TPSA) is 15.8 Å². The highest BCUT2D eigenvalue weighted by Crippen LogP contribution is 2.12. The monoisotopic (exact) mass is 317 g/mol. The van der Waals surface area contributed by atoms with E-state index in [2.05, 4.69) is 25.1 Å². The van der Waals surface area contributed by atoms with Gasteiger partial charge in [0, 0.05) is 11.9 Å². The van der Waals surface area contributed by atoms with Crippen LogP contribution in [0.2, 0.25) is 0 Å². The molecule has 0 saturated heterocycles. The maximum atomic E-state index is 3.75. The number of unbranched alkanes of at least 4 members (excludes halogenated alkanes) is 12. The van der Waals surface area contributed by atoms with Gasteiger partial charge in [-0.2, -0.15) is 0 Å². The Balaban J connectivity index is 0.000000568. The van der Waals surface area contributed by atoms with Gasteiger partial charge in [0.15, 0.2) is 0 Å². The smallest absolute Gasteiger partial charge is 0.0374 e. The Morgan fingerprint density at radius 2 is 1.35 bits per heavy atom. The van der Waals surface area contributed by atoms with Crippen LogP contribution in [0.15, 0.2) is 37.6 Å². The van der Waals surface area contributed by atoms with E-state index in [-0.39, 0.29) is 0 Å². The van der Waals surface area contributed by atoms with Crippen molar-refractivity contribution in [3.8, 4) is 0 Å². The van der Waals surface area contributed by atoms with Crippen LogP contribution in [0.3, 0.4) is 0 Å². The van der Waals surface area contributed by atoms with Crippen molar-refractivity contribution >= 4 is 6.08 Å². The SMILES string of the molecule is C=CCCCCCCCCCCCCCC.C=Cc1ccc[nH]1. The molecular formula is C22H39N. The summed E-state index contributed by atoms with van der Waals surface area (Å²) in [7, 11) is 0. The standard InChI is InChI=1S/C16H32.C6H7N/c1-3-5-7-9-11-13-15-16-14-12-10-8-6-4-2;1-2-6-4-3-5-7-6/h3H,1,4-16H2,2H3;2-5,7H,1H2. The molecule has 0 aliphatic heterocycles. The van der Waals surface area contributed by atoms with Crippen molar-refractivity contribution in [3.05, 3.63) is 43.3 Å². The van der Waals surface area contributed by atoms with Crippen molar-refractivity contribution in [2.75, 3.05) is 0 Å². The summed E-state index contributed by atoms with van der Waals surface area (Å²) < 4.78 is 0. The second-order valence-electron chi connectivity index (χ2n) is 6.30. The second-order valence-corrected chi connectivity index (χ2v) is 6.30. The van der Waals surface area contributed by atoms with Crippen molar-refractivity contribution in [2.24, 2.45) is 0 Å². The first-order valence-corrected chi connectivity index (χ1v) is 9.71. The van der Waals surface area contributed by atoms with Crippen LogP contribution < -0.4 is 0 Å². The lowest BCUT2D eigenvalue weighted by Gasteiger charge is -2.02. The Bertz CT molecular complexity index is 337. The molecule has 0 saturated carbocycles. The van der Waals surface area contributed by atoms with Crippen LogP contribution in [0.1, 0.15) is 96.1 Å². The molecule has 1 rings (SSSR count). The maximum absolute atomic E-state index is 3.75. The van der Waals surface area contributed by atoms with Crippen LogP contribution in [-0.2, 0) is 0 Å². The van der Waals surface area contributed by atoms with Gasteiger partial charge in [0.25, 0.3) is 0 Å². The van der Waals surface area contributed by atoms with E-state index >= 15 is 0 Å². The summed E-state index contributed by atoms with van der Waals surface area (Å²) in [6.07, 6.45) is 24.1. The Morgan fingerprint density at radius 3 is 1.70 bits per heavy atom. The summed E-state index contributed by atoms with van der Waals surface area (Å²) in [6, 6.07) is 3.91. The molecule has 0 fully saturated rings. The van der Waals surface area contributed by atoms with Gasteiger partial charge < -0.3 is 4.98 Å².